The zero-order valence-corrected chi connectivity index (χ0v) is 13.2. The number of aliphatic hydroxyl groups is 1. The Morgan fingerprint density at radius 1 is 1.26 bits per heavy atom. The van der Waals surface area contributed by atoms with E-state index in [2.05, 4.69) is 24.1 Å². The fourth-order valence-electron chi connectivity index (χ4n) is 2.55. The summed E-state index contributed by atoms with van der Waals surface area (Å²) in [6.45, 7) is 9.37. The molecule has 1 aliphatic heterocycles. The Kier molecular flexibility index (Phi) is 5.76. The number of piperazine rings is 1. The van der Waals surface area contributed by atoms with Crippen molar-refractivity contribution >= 4 is 10.0 Å². The van der Waals surface area contributed by atoms with E-state index in [1.807, 2.05) is 6.92 Å². The van der Waals surface area contributed by atoms with E-state index in [-0.39, 0.29) is 12.1 Å². The van der Waals surface area contributed by atoms with Crippen LogP contribution in [0.1, 0.15) is 20.8 Å². The molecule has 0 saturated carbocycles. The summed E-state index contributed by atoms with van der Waals surface area (Å²) in [7, 11) is -3.08. The van der Waals surface area contributed by atoms with Crippen LogP contribution in [0.2, 0.25) is 0 Å². The van der Waals surface area contributed by atoms with Crippen molar-refractivity contribution in [1.82, 2.24) is 14.5 Å². The van der Waals surface area contributed by atoms with Gasteiger partial charge in [0.15, 0.2) is 0 Å². The van der Waals surface area contributed by atoms with Crippen LogP contribution in [0.3, 0.4) is 0 Å². The number of rotatable bonds is 6. The molecule has 1 heterocycles. The van der Waals surface area contributed by atoms with Gasteiger partial charge in [-0.15, -0.1) is 0 Å². The van der Waals surface area contributed by atoms with Gasteiger partial charge in [0, 0.05) is 38.8 Å². The van der Waals surface area contributed by atoms with E-state index >= 15 is 0 Å². The molecule has 0 aromatic carbocycles. The third kappa shape index (κ3) is 5.35. The zero-order valence-electron chi connectivity index (χ0n) is 12.4. The standard InChI is InChI=1S/C12H27N3O3S/c1-11(2)13-12(3,10-16)9-14-5-7-15(8-6-14)19(4,17)18/h11,13,16H,5-10H2,1-4H3. The number of sulfonamides is 1. The number of aliphatic hydroxyl groups excluding tert-OH is 1. The minimum absolute atomic E-state index is 0.0669. The van der Waals surface area contributed by atoms with Crippen molar-refractivity contribution in [3.8, 4) is 0 Å². The molecule has 1 aliphatic rings. The lowest BCUT2D eigenvalue weighted by Crippen LogP contribution is -2.59. The van der Waals surface area contributed by atoms with Gasteiger partial charge in [-0.25, -0.2) is 8.42 Å². The molecule has 0 bridgehead atoms. The lowest BCUT2D eigenvalue weighted by atomic mass is 10.0. The molecule has 1 saturated heterocycles. The van der Waals surface area contributed by atoms with Gasteiger partial charge in [0.25, 0.3) is 0 Å². The maximum absolute atomic E-state index is 11.4. The molecule has 0 aromatic heterocycles. The van der Waals surface area contributed by atoms with E-state index in [1.165, 1.54) is 10.6 Å². The highest BCUT2D eigenvalue weighted by Gasteiger charge is 2.30. The zero-order chi connectivity index (χ0) is 14.7. The SMILES string of the molecule is CC(C)NC(C)(CO)CN1CCN(S(C)(=O)=O)CC1. The summed E-state index contributed by atoms with van der Waals surface area (Å²) in [4.78, 5) is 2.20. The third-order valence-corrected chi connectivity index (χ3v) is 4.66. The van der Waals surface area contributed by atoms with Crippen molar-refractivity contribution < 1.29 is 13.5 Å². The average molecular weight is 293 g/mol. The van der Waals surface area contributed by atoms with Crippen molar-refractivity contribution in [2.45, 2.75) is 32.4 Å². The first kappa shape index (κ1) is 16.8. The van der Waals surface area contributed by atoms with Crippen molar-refractivity contribution in [1.29, 1.82) is 0 Å². The molecule has 1 atom stereocenters. The van der Waals surface area contributed by atoms with Crippen molar-refractivity contribution in [2.24, 2.45) is 0 Å². The summed E-state index contributed by atoms with van der Waals surface area (Å²) in [6.07, 6.45) is 1.25. The third-order valence-electron chi connectivity index (χ3n) is 3.36. The molecule has 1 rings (SSSR count). The first-order chi connectivity index (χ1) is 8.66. The van der Waals surface area contributed by atoms with Crippen LogP contribution < -0.4 is 5.32 Å². The maximum atomic E-state index is 11.4. The first-order valence-electron chi connectivity index (χ1n) is 6.72. The Bertz CT molecular complexity index is 378. The van der Waals surface area contributed by atoms with Gasteiger partial charge in [0.2, 0.25) is 10.0 Å². The highest BCUT2D eigenvalue weighted by atomic mass is 32.2. The van der Waals surface area contributed by atoms with Crippen LogP contribution >= 0.6 is 0 Å². The summed E-state index contributed by atoms with van der Waals surface area (Å²) in [5, 5.41) is 12.9. The molecule has 1 fully saturated rings. The second kappa shape index (κ2) is 6.49. The lowest BCUT2D eigenvalue weighted by Gasteiger charge is -2.40. The normalized spacial score (nSPS) is 22.6. The van der Waals surface area contributed by atoms with E-state index in [0.29, 0.717) is 32.2 Å². The second-order valence-electron chi connectivity index (χ2n) is 5.96. The fourth-order valence-corrected chi connectivity index (χ4v) is 3.38. The van der Waals surface area contributed by atoms with Crippen molar-refractivity contribution in [3.63, 3.8) is 0 Å². The predicted octanol–water partition coefficient (Wildman–Crippen LogP) is -0.687. The molecule has 6 nitrogen and oxygen atoms in total. The Hall–Kier alpha value is -0.210. The van der Waals surface area contributed by atoms with Gasteiger partial charge >= 0.3 is 0 Å². The Labute approximate surface area is 116 Å². The predicted molar refractivity (Wildman–Crippen MR) is 76.6 cm³/mol. The largest absolute Gasteiger partial charge is 0.394 e. The van der Waals surface area contributed by atoms with Gasteiger partial charge in [-0.2, -0.15) is 4.31 Å². The molecule has 0 amide bonds. The van der Waals surface area contributed by atoms with Crippen LogP contribution in [0, 0.1) is 0 Å². The number of nitrogens with zero attached hydrogens (tertiary/aromatic N) is 2. The molecule has 19 heavy (non-hydrogen) atoms. The summed E-state index contributed by atoms with van der Waals surface area (Å²) in [6, 6.07) is 0.300. The van der Waals surface area contributed by atoms with E-state index in [0.717, 1.165) is 6.54 Å². The van der Waals surface area contributed by atoms with Crippen LogP contribution in [-0.2, 0) is 10.0 Å². The quantitative estimate of drug-likeness (QED) is 0.678. The monoisotopic (exact) mass is 293 g/mol. The van der Waals surface area contributed by atoms with Gasteiger partial charge in [-0.05, 0) is 6.92 Å². The van der Waals surface area contributed by atoms with Gasteiger partial charge in [0.1, 0.15) is 0 Å². The molecule has 7 heteroatoms. The molecule has 0 radical (unpaired) electrons. The topological polar surface area (TPSA) is 72.9 Å². The smallest absolute Gasteiger partial charge is 0.211 e. The van der Waals surface area contributed by atoms with Crippen LogP contribution in [0.4, 0.5) is 0 Å². The molecule has 114 valence electrons. The van der Waals surface area contributed by atoms with E-state index in [1.54, 1.807) is 0 Å². The van der Waals surface area contributed by atoms with E-state index in [4.69, 9.17) is 0 Å². The Balaban J connectivity index is 2.52. The summed E-state index contributed by atoms with van der Waals surface area (Å²) < 4.78 is 24.4. The van der Waals surface area contributed by atoms with Gasteiger partial charge in [-0.1, -0.05) is 13.8 Å². The molecular weight excluding hydrogens is 266 g/mol. The fraction of sp³-hybridized carbons (Fsp3) is 1.00. The van der Waals surface area contributed by atoms with Crippen LogP contribution in [0.5, 0.6) is 0 Å². The van der Waals surface area contributed by atoms with E-state index in [9.17, 15) is 13.5 Å². The van der Waals surface area contributed by atoms with Crippen LogP contribution in [-0.4, -0.2) is 79.9 Å². The van der Waals surface area contributed by atoms with Crippen molar-refractivity contribution in [2.75, 3.05) is 45.6 Å². The maximum Gasteiger partial charge on any atom is 0.211 e. The number of hydrogen-bond acceptors (Lipinski definition) is 5. The summed E-state index contributed by atoms with van der Waals surface area (Å²) in [5.74, 6) is 0. The molecule has 1 unspecified atom stereocenters. The number of nitrogens with one attached hydrogen (secondary N) is 1. The molecule has 0 aliphatic carbocycles. The Morgan fingerprint density at radius 3 is 2.16 bits per heavy atom. The van der Waals surface area contributed by atoms with Gasteiger partial charge in [-0.3, -0.25) is 4.90 Å². The lowest BCUT2D eigenvalue weighted by molar-refractivity contribution is 0.0938. The van der Waals surface area contributed by atoms with E-state index < -0.39 is 10.0 Å². The summed E-state index contributed by atoms with van der Waals surface area (Å²) >= 11 is 0. The van der Waals surface area contributed by atoms with Crippen LogP contribution in [0.25, 0.3) is 0 Å². The number of hydrogen-bond donors (Lipinski definition) is 2. The van der Waals surface area contributed by atoms with Gasteiger partial charge < -0.3 is 10.4 Å². The average Bonchev–Trinajstić information content (AvgIpc) is 2.27. The van der Waals surface area contributed by atoms with Crippen LogP contribution in [0.15, 0.2) is 0 Å². The molecule has 2 N–H and O–H groups in total. The highest BCUT2D eigenvalue weighted by molar-refractivity contribution is 7.88. The highest BCUT2D eigenvalue weighted by Crippen LogP contribution is 2.12. The molecular formula is C12H27N3O3S. The molecule has 0 aromatic rings. The molecule has 0 spiro atoms. The van der Waals surface area contributed by atoms with Crippen molar-refractivity contribution in [3.05, 3.63) is 0 Å². The van der Waals surface area contributed by atoms with Gasteiger partial charge in [0.05, 0.1) is 18.4 Å². The summed E-state index contributed by atoms with van der Waals surface area (Å²) in [5.41, 5.74) is -0.346. The first-order valence-corrected chi connectivity index (χ1v) is 8.57. The minimum atomic E-state index is -3.08. The minimum Gasteiger partial charge on any atom is -0.394 e. The Morgan fingerprint density at radius 2 is 1.79 bits per heavy atom. The second-order valence-corrected chi connectivity index (χ2v) is 7.94.